The number of nitrogens with zero attached hydrogens (tertiary/aromatic N) is 14. The second-order valence-electron chi connectivity index (χ2n) is 42.5. The summed E-state index contributed by atoms with van der Waals surface area (Å²) in [5.41, 5.74) is 9.24. The summed E-state index contributed by atoms with van der Waals surface area (Å²) in [6.45, 7) is 22.9. The van der Waals surface area contributed by atoms with Gasteiger partial charge in [0.1, 0.15) is 12.1 Å². The summed E-state index contributed by atoms with van der Waals surface area (Å²) >= 11 is 0. The van der Waals surface area contributed by atoms with Gasteiger partial charge < -0.3 is 48.3 Å². The molecule has 28 nitrogen and oxygen atoms in total. The van der Waals surface area contributed by atoms with Crippen LogP contribution >= 0.6 is 0 Å². The average molecular weight is 1880 g/mol. The minimum absolute atomic E-state index is 0.0153. The van der Waals surface area contributed by atoms with Crippen LogP contribution in [-0.2, 0) is 96.4 Å². The van der Waals surface area contributed by atoms with E-state index in [1.165, 1.54) is 9.80 Å². The fraction of sp³-hybridized carbons (Fsp3) is 0.633. The SMILES string of the molecule is CCCCC1(C(=O)OCN(C(=O)N2CCC(C3=Cc4ccccc4CC3=O)CC2)[C@H](Cc2cc(C)c3c(cnn3COC(=O)C3(CCC)CC3)c2)C(=O)N2CCN(C3CCN(C)CC3)CC2)CC1.CCCCC1(C(=O)OCN(C(=O)N2CCC(C3=Cc4ccccc4CC3=O)CC2)[C@H](Cc2cc(C)c3nn(COC(=O)C4(CCCC)CC4)cc3c2)C(=O)N2CCN(C3CCN(C)CC3)CC2)CC1. The van der Waals surface area contributed by atoms with Crippen LogP contribution < -0.4 is 0 Å². The largest absolute Gasteiger partial charge is 0.444 e. The Labute approximate surface area is 809 Å². The van der Waals surface area contributed by atoms with Crippen LogP contribution in [0, 0.1) is 47.3 Å². The van der Waals surface area contributed by atoms with Crippen LogP contribution in [0.25, 0.3) is 34.0 Å². The lowest BCUT2D eigenvalue weighted by Gasteiger charge is -2.44. The van der Waals surface area contributed by atoms with Crippen LogP contribution in [-0.4, -0.2) is 284 Å². The number of piperidine rings is 4. The number of carbonyl (C=O) groups is 10. The fourth-order valence-electron chi connectivity index (χ4n) is 23.3. The minimum Gasteiger partial charge on any atom is -0.444 e. The van der Waals surface area contributed by atoms with Crippen molar-refractivity contribution in [3.8, 4) is 0 Å². The number of ether oxygens (including phenoxy) is 4. The van der Waals surface area contributed by atoms with Crippen molar-refractivity contribution in [2.45, 2.75) is 278 Å². The Morgan fingerprint density at radius 2 is 0.832 bits per heavy atom. The molecule has 4 aromatic carbocycles. The molecule has 6 aliphatic heterocycles. The monoisotopic (exact) mass is 1880 g/mol. The van der Waals surface area contributed by atoms with E-state index < -0.39 is 22.9 Å². The first-order valence-corrected chi connectivity index (χ1v) is 52.1. The lowest BCUT2D eigenvalue weighted by atomic mass is 9.80. The van der Waals surface area contributed by atoms with Gasteiger partial charge in [0.05, 0.1) is 38.9 Å². The second kappa shape index (κ2) is 43.3. The van der Waals surface area contributed by atoms with Crippen molar-refractivity contribution >= 4 is 93.3 Å². The average Bonchev–Trinajstić information content (AvgIpc) is 1.11. The number of carbonyl (C=O) groups excluding carboxylic acids is 10. The summed E-state index contributed by atoms with van der Waals surface area (Å²) in [4.78, 5) is 163. The molecule has 2 atom stereocenters. The van der Waals surface area contributed by atoms with Gasteiger partial charge in [-0.1, -0.05) is 133 Å². The molecular formula is C109H148N14O14. The van der Waals surface area contributed by atoms with Gasteiger partial charge >= 0.3 is 35.9 Å². The number of amides is 6. The zero-order chi connectivity index (χ0) is 95.9. The molecule has 137 heavy (non-hydrogen) atoms. The van der Waals surface area contributed by atoms with Gasteiger partial charge in [-0.05, 0) is 274 Å². The van der Waals surface area contributed by atoms with Crippen LogP contribution in [0.15, 0.2) is 96.3 Å². The molecule has 2 aromatic heterocycles. The van der Waals surface area contributed by atoms with Crippen molar-refractivity contribution in [2.24, 2.45) is 33.5 Å². The van der Waals surface area contributed by atoms with E-state index in [4.69, 9.17) is 24.0 Å². The quantitative estimate of drug-likeness (QED) is 0.0203. The Morgan fingerprint density at radius 1 is 0.438 bits per heavy atom. The van der Waals surface area contributed by atoms with E-state index in [0.29, 0.717) is 103 Å². The zero-order valence-corrected chi connectivity index (χ0v) is 82.7. The van der Waals surface area contributed by atoms with Gasteiger partial charge in [-0.2, -0.15) is 10.2 Å². The molecule has 10 fully saturated rings. The van der Waals surface area contributed by atoms with Crippen molar-refractivity contribution in [3.63, 3.8) is 0 Å². The summed E-state index contributed by atoms with van der Waals surface area (Å²) in [6, 6.07) is 22.5. The molecule has 0 spiro atoms. The van der Waals surface area contributed by atoms with Crippen LogP contribution in [0.1, 0.15) is 246 Å². The van der Waals surface area contributed by atoms with Gasteiger partial charge in [0.15, 0.2) is 38.5 Å². The third kappa shape index (κ3) is 22.7. The van der Waals surface area contributed by atoms with Crippen molar-refractivity contribution in [1.29, 1.82) is 0 Å². The minimum atomic E-state index is -0.964. The molecule has 6 saturated heterocycles. The van der Waals surface area contributed by atoms with Crippen molar-refractivity contribution in [2.75, 3.05) is 132 Å². The first-order valence-electron chi connectivity index (χ1n) is 52.1. The number of esters is 4. The zero-order valence-electron chi connectivity index (χ0n) is 82.7. The highest BCUT2D eigenvalue weighted by atomic mass is 16.6. The van der Waals surface area contributed by atoms with Crippen LogP contribution in [0.4, 0.5) is 9.59 Å². The van der Waals surface area contributed by atoms with Crippen LogP contribution in [0.3, 0.4) is 0 Å². The first-order chi connectivity index (χ1) is 66.3. The number of likely N-dealkylation sites (tertiary alicyclic amines) is 4. The molecule has 18 rings (SSSR count). The van der Waals surface area contributed by atoms with Crippen LogP contribution in [0.2, 0.25) is 0 Å². The number of benzene rings is 4. The van der Waals surface area contributed by atoms with Crippen molar-refractivity contribution in [3.05, 3.63) is 141 Å². The molecule has 0 bridgehead atoms. The highest BCUT2D eigenvalue weighted by molar-refractivity contribution is 6.05. The van der Waals surface area contributed by atoms with Gasteiger partial charge in [-0.25, -0.2) is 19.0 Å². The van der Waals surface area contributed by atoms with Gasteiger partial charge in [0, 0.05) is 133 Å². The van der Waals surface area contributed by atoms with E-state index in [0.717, 1.165) is 277 Å². The molecule has 6 aliphatic carbocycles. The molecule has 6 aromatic rings. The smallest absolute Gasteiger partial charge is 0.323 e. The summed E-state index contributed by atoms with van der Waals surface area (Å²) in [5.74, 6) is -0.908. The van der Waals surface area contributed by atoms with Crippen molar-refractivity contribution < 1.29 is 66.9 Å². The van der Waals surface area contributed by atoms with Gasteiger partial charge in [0.2, 0.25) is 11.8 Å². The third-order valence-electron chi connectivity index (χ3n) is 32.9. The number of allylic oxidation sites excluding steroid dienone is 2. The Bertz CT molecular complexity index is 5440. The van der Waals surface area contributed by atoms with Crippen LogP contribution in [0.5, 0.6) is 0 Å². The number of fused-ring (bicyclic) bond motifs is 4. The maximum atomic E-state index is 15.3. The molecule has 0 unspecified atom stereocenters. The molecule has 738 valence electrons. The number of hydrogen-bond acceptors (Lipinski definition) is 20. The molecule has 8 heterocycles. The molecule has 0 radical (unpaired) electrons. The Kier molecular flexibility index (Phi) is 31.1. The molecule has 6 amide bonds. The molecule has 0 N–H and O–H groups in total. The maximum absolute atomic E-state index is 15.3. The number of piperazine rings is 2. The lowest BCUT2D eigenvalue weighted by Crippen LogP contribution is -2.60. The van der Waals surface area contributed by atoms with E-state index in [1.54, 1.807) is 25.4 Å². The highest BCUT2D eigenvalue weighted by Crippen LogP contribution is 2.54. The number of aromatic nitrogens is 4. The number of unbranched alkanes of at least 4 members (excludes halogenated alkanes) is 3. The molecule has 12 aliphatic rings. The standard InChI is InChI=1S/C55H75N7O7.C54H73N7O7/c1-5-7-17-54(19-20-54)51(65)68-37-61-36-44-32-40(31-39(3)49(44)56-61)33-47(50(64)59-29-27-58(28-30-59)45-15-23-57(4)24-16-45)62(38-69-52(66)55(21-22-55)18-8-6-2)53(67)60-25-13-41(14-26-60)46-34-42-11-9-10-12-43(42)35-48(46)63;1-5-7-17-54(20-21-54)51(65)67-36-60(52(66)59-24-12-40(13-25-59)45-33-41-10-8-9-11-42(41)34-47(45)62)46(49(63)58-28-26-57(27-29-58)44-14-22-56(4)23-15-44)32-39-30-38(3)48-43(31-39)35-55-61(48)37-68-50(64)53(16-6-2)18-19-53/h9-12,31-32,34,36,41,45,47H,5-8,13-30,33,35,37-38H2,1-4H3;8-11,30-31,33,35,40,44,46H,5-7,12-29,32,34,36-37H2,1-4H3/t47-;46-/m11/s1. The normalized spacial score (nSPS) is 21.2. The highest BCUT2D eigenvalue weighted by Gasteiger charge is 2.55. The lowest BCUT2D eigenvalue weighted by molar-refractivity contribution is -0.158. The summed E-state index contributed by atoms with van der Waals surface area (Å²) in [6.07, 6.45) is 32.2. The van der Waals surface area contributed by atoms with Gasteiger partial charge in [0.25, 0.3) is 0 Å². The topological polar surface area (TPSA) is 276 Å². The Morgan fingerprint density at radius 3 is 1.25 bits per heavy atom. The molecule has 28 heteroatoms. The number of hydrogen-bond donors (Lipinski definition) is 0. The number of ketones is 2. The number of urea groups is 2. The number of rotatable bonds is 35. The third-order valence-corrected chi connectivity index (χ3v) is 32.9. The Balaban J connectivity index is 0.000000190. The number of Topliss-reactive ketones (excluding diaryl/α,β-unsaturated/α-hetero) is 2. The second-order valence-corrected chi connectivity index (χ2v) is 42.5. The maximum Gasteiger partial charge on any atom is 0.323 e. The fourth-order valence-corrected chi connectivity index (χ4v) is 23.3. The predicted molar refractivity (Wildman–Crippen MR) is 525 cm³/mol. The molecule has 4 saturated carbocycles. The number of aryl methyl sites for hydroxylation is 2. The van der Waals surface area contributed by atoms with Crippen molar-refractivity contribution in [1.82, 2.24) is 68.6 Å². The predicted octanol–water partition coefficient (Wildman–Crippen LogP) is 15.2. The molecular weight excluding hydrogens is 1730 g/mol. The summed E-state index contributed by atoms with van der Waals surface area (Å²) in [5, 5.41) is 11.1. The van der Waals surface area contributed by atoms with E-state index in [2.05, 4.69) is 78.6 Å². The first kappa shape index (κ1) is 98.4. The summed E-state index contributed by atoms with van der Waals surface area (Å²) < 4.78 is 27.5. The van der Waals surface area contributed by atoms with Gasteiger partial charge in [-0.15, -0.1) is 0 Å². The van der Waals surface area contributed by atoms with E-state index in [9.17, 15) is 28.8 Å². The van der Waals surface area contributed by atoms with E-state index >= 15 is 19.2 Å². The Hall–Kier alpha value is -10.2. The van der Waals surface area contributed by atoms with E-state index in [-0.39, 0.29) is 122 Å². The van der Waals surface area contributed by atoms with Gasteiger partial charge in [-0.3, -0.25) is 58.0 Å². The van der Waals surface area contributed by atoms with E-state index in [1.807, 2.05) is 103 Å². The summed E-state index contributed by atoms with van der Waals surface area (Å²) in [7, 11) is 4.34.